The maximum Gasteiger partial charge on any atom is 0.173 e. The van der Waals surface area contributed by atoms with Gasteiger partial charge in [0.15, 0.2) is 5.84 Å². The van der Waals surface area contributed by atoms with Gasteiger partial charge in [-0.25, -0.2) is 0 Å². The number of amidine groups is 1. The first-order valence-corrected chi connectivity index (χ1v) is 5.37. The van der Waals surface area contributed by atoms with Gasteiger partial charge in [0.05, 0.1) is 12.2 Å². The summed E-state index contributed by atoms with van der Waals surface area (Å²) in [4.78, 5) is 0. The molecule has 0 aliphatic rings. The van der Waals surface area contributed by atoms with E-state index < -0.39 is 0 Å². The highest BCUT2D eigenvalue weighted by Crippen LogP contribution is 2.23. The Bertz CT molecular complexity index is 382. The van der Waals surface area contributed by atoms with Crippen LogP contribution < -0.4 is 10.5 Å². The third kappa shape index (κ3) is 3.39. The van der Waals surface area contributed by atoms with Crippen LogP contribution in [0.2, 0.25) is 0 Å². The zero-order valence-electron chi connectivity index (χ0n) is 8.81. The molecular formula is C10H13BrN2O3. The van der Waals surface area contributed by atoms with Crippen molar-refractivity contribution in [3.63, 3.8) is 0 Å². The van der Waals surface area contributed by atoms with E-state index in [0.29, 0.717) is 24.5 Å². The number of nitrogens with zero attached hydrogens (tertiary/aromatic N) is 1. The van der Waals surface area contributed by atoms with Crippen LogP contribution in [0.4, 0.5) is 0 Å². The third-order valence-electron chi connectivity index (χ3n) is 1.87. The van der Waals surface area contributed by atoms with Crippen molar-refractivity contribution < 1.29 is 14.7 Å². The highest BCUT2D eigenvalue weighted by atomic mass is 79.9. The lowest BCUT2D eigenvalue weighted by atomic mass is 10.2. The van der Waals surface area contributed by atoms with E-state index in [1.54, 1.807) is 25.3 Å². The summed E-state index contributed by atoms with van der Waals surface area (Å²) in [5, 5.41) is 11.6. The number of hydrogen-bond donors (Lipinski definition) is 2. The van der Waals surface area contributed by atoms with E-state index in [9.17, 15) is 0 Å². The lowest BCUT2D eigenvalue weighted by molar-refractivity contribution is 0.146. The van der Waals surface area contributed by atoms with Gasteiger partial charge in [-0.05, 0) is 18.2 Å². The fraction of sp³-hybridized carbons (Fsp3) is 0.300. The van der Waals surface area contributed by atoms with Crippen molar-refractivity contribution in [2.24, 2.45) is 10.9 Å². The van der Waals surface area contributed by atoms with Gasteiger partial charge in [0, 0.05) is 11.6 Å². The fourth-order valence-electron chi connectivity index (χ4n) is 1.12. The smallest absolute Gasteiger partial charge is 0.173 e. The lowest BCUT2D eigenvalue weighted by Crippen LogP contribution is -2.16. The van der Waals surface area contributed by atoms with Crippen LogP contribution in [0.3, 0.4) is 0 Å². The van der Waals surface area contributed by atoms with E-state index in [0.717, 1.165) is 4.47 Å². The Kier molecular flexibility index (Phi) is 5.07. The molecule has 16 heavy (non-hydrogen) atoms. The molecule has 1 aromatic carbocycles. The van der Waals surface area contributed by atoms with E-state index >= 15 is 0 Å². The first-order valence-electron chi connectivity index (χ1n) is 4.58. The van der Waals surface area contributed by atoms with Gasteiger partial charge in [-0.2, -0.15) is 0 Å². The standard InChI is InChI=1S/C10H13BrN2O3/c1-15-4-5-16-9-6-7(11)2-3-8(9)10(12)13-14/h2-3,6,14H,4-5H2,1H3,(H2,12,13). The SMILES string of the molecule is COCCOc1cc(Br)ccc1/C(N)=N/O. The van der Waals surface area contributed by atoms with E-state index in [1.165, 1.54) is 0 Å². The summed E-state index contributed by atoms with van der Waals surface area (Å²) in [6.45, 7) is 0.876. The Morgan fingerprint density at radius 2 is 2.25 bits per heavy atom. The van der Waals surface area contributed by atoms with Crippen LogP contribution in [0.25, 0.3) is 0 Å². The van der Waals surface area contributed by atoms with Crippen LogP contribution in [0, 0.1) is 0 Å². The number of benzene rings is 1. The summed E-state index contributed by atoms with van der Waals surface area (Å²) in [5.41, 5.74) is 6.07. The minimum Gasteiger partial charge on any atom is -0.490 e. The Hall–Kier alpha value is -1.27. The third-order valence-corrected chi connectivity index (χ3v) is 2.37. The number of ether oxygens (including phenoxy) is 2. The largest absolute Gasteiger partial charge is 0.490 e. The Morgan fingerprint density at radius 3 is 2.88 bits per heavy atom. The maximum absolute atomic E-state index is 8.62. The van der Waals surface area contributed by atoms with E-state index in [4.69, 9.17) is 20.4 Å². The summed E-state index contributed by atoms with van der Waals surface area (Å²) in [6.07, 6.45) is 0. The van der Waals surface area contributed by atoms with Crippen LogP contribution in [0.15, 0.2) is 27.8 Å². The molecular weight excluding hydrogens is 276 g/mol. The number of nitrogens with two attached hydrogens (primary N) is 1. The van der Waals surface area contributed by atoms with Crippen LogP contribution in [0.5, 0.6) is 5.75 Å². The number of hydrogen-bond acceptors (Lipinski definition) is 4. The maximum atomic E-state index is 8.62. The molecule has 88 valence electrons. The van der Waals surface area contributed by atoms with Gasteiger partial charge in [-0.1, -0.05) is 21.1 Å². The monoisotopic (exact) mass is 288 g/mol. The topological polar surface area (TPSA) is 77.1 Å². The molecule has 5 nitrogen and oxygen atoms in total. The molecule has 0 saturated carbocycles. The average Bonchev–Trinajstić information content (AvgIpc) is 2.29. The highest BCUT2D eigenvalue weighted by molar-refractivity contribution is 9.10. The molecule has 0 fully saturated rings. The van der Waals surface area contributed by atoms with E-state index in [2.05, 4.69) is 21.1 Å². The molecule has 1 aromatic rings. The van der Waals surface area contributed by atoms with Crippen molar-refractivity contribution >= 4 is 21.8 Å². The molecule has 0 spiro atoms. The zero-order chi connectivity index (χ0) is 12.0. The van der Waals surface area contributed by atoms with E-state index in [1.807, 2.05) is 0 Å². The predicted octanol–water partition coefficient (Wildman–Crippen LogP) is 1.57. The van der Waals surface area contributed by atoms with Gasteiger partial charge in [-0.15, -0.1) is 0 Å². The van der Waals surface area contributed by atoms with Gasteiger partial charge in [0.2, 0.25) is 0 Å². The predicted molar refractivity (Wildman–Crippen MR) is 64.0 cm³/mol. The van der Waals surface area contributed by atoms with Crippen molar-refractivity contribution in [3.05, 3.63) is 28.2 Å². The first kappa shape index (κ1) is 12.8. The van der Waals surface area contributed by atoms with Gasteiger partial charge in [0.1, 0.15) is 12.4 Å². The molecule has 0 unspecified atom stereocenters. The summed E-state index contributed by atoms with van der Waals surface area (Å²) >= 11 is 3.32. The minimum atomic E-state index is 0.0138. The Balaban J connectivity index is 2.90. The summed E-state index contributed by atoms with van der Waals surface area (Å²) < 4.78 is 11.2. The second kappa shape index (κ2) is 6.34. The van der Waals surface area contributed by atoms with Crippen molar-refractivity contribution in [3.8, 4) is 5.75 Å². The number of methoxy groups -OCH3 is 1. The quantitative estimate of drug-likeness (QED) is 0.283. The van der Waals surface area contributed by atoms with Gasteiger partial charge in [-0.3, -0.25) is 0 Å². The number of halogens is 1. The molecule has 0 aliphatic heterocycles. The van der Waals surface area contributed by atoms with Gasteiger partial charge in [0.25, 0.3) is 0 Å². The molecule has 0 radical (unpaired) electrons. The Morgan fingerprint density at radius 1 is 1.50 bits per heavy atom. The van der Waals surface area contributed by atoms with Crippen molar-refractivity contribution in [2.45, 2.75) is 0 Å². The van der Waals surface area contributed by atoms with Gasteiger partial charge < -0.3 is 20.4 Å². The molecule has 3 N–H and O–H groups in total. The minimum absolute atomic E-state index is 0.0138. The van der Waals surface area contributed by atoms with Crippen LogP contribution >= 0.6 is 15.9 Å². The van der Waals surface area contributed by atoms with Crippen molar-refractivity contribution in [1.82, 2.24) is 0 Å². The van der Waals surface area contributed by atoms with E-state index in [-0.39, 0.29) is 5.84 Å². The molecule has 0 aliphatic carbocycles. The average molecular weight is 289 g/mol. The van der Waals surface area contributed by atoms with Crippen LogP contribution in [-0.2, 0) is 4.74 Å². The molecule has 0 heterocycles. The molecule has 0 bridgehead atoms. The van der Waals surface area contributed by atoms with Crippen LogP contribution in [-0.4, -0.2) is 31.4 Å². The molecule has 1 rings (SSSR count). The van der Waals surface area contributed by atoms with Gasteiger partial charge >= 0.3 is 0 Å². The highest BCUT2D eigenvalue weighted by Gasteiger charge is 2.08. The molecule has 6 heteroatoms. The summed E-state index contributed by atoms with van der Waals surface area (Å²) in [7, 11) is 1.59. The molecule has 0 atom stereocenters. The molecule has 0 aromatic heterocycles. The lowest BCUT2D eigenvalue weighted by Gasteiger charge is -2.10. The number of oxime groups is 1. The summed E-state index contributed by atoms with van der Waals surface area (Å²) in [5.74, 6) is 0.557. The molecule has 0 amide bonds. The van der Waals surface area contributed by atoms with Crippen LogP contribution in [0.1, 0.15) is 5.56 Å². The fourth-order valence-corrected chi connectivity index (χ4v) is 1.46. The summed E-state index contributed by atoms with van der Waals surface area (Å²) in [6, 6.07) is 5.25. The number of rotatable bonds is 5. The molecule has 0 saturated heterocycles. The van der Waals surface area contributed by atoms with Crippen molar-refractivity contribution in [1.29, 1.82) is 0 Å². The Labute approximate surface area is 102 Å². The first-order chi connectivity index (χ1) is 7.69. The second-order valence-electron chi connectivity index (χ2n) is 2.97. The zero-order valence-corrected chi connectivity index (χ0v) is 10.4. The normalized spacial score (nSPS) is 11.5. The second-order valence-corrected chi connectivity index (χ2v) is 3.88. The van der Waals surface area contributed by atoms with Crippen molar-refractivity contribution in [2.75, 3.05) is 20.3 Å².